The van der Waals surface area contributed by atoms with Gasteiger partial charge >= 0.3 is 0 Å². The average molecular weight is 470 g/mol. The number of nitrogens with one attached hydrogen (secondary N) is 3. The van der Waals surface area contributed by atoms with Crippen LogP contribution in [0.5, 0.6) is 0 Å². The van der Waals surface area contributed by atoms with Crippen molar-refractivity contribution in [1.29, 1.82) is 0 Å². The number of nitrogens with zero attached hydrogens (tertiary/aromatic N) is 3. The number of fused-ring (bicyclic) bond motifs is 1. The molecule has 1 aliphatic rings. The number of carbonyl (C=O) groups excluding carboxylic acids is 2. The molecule has 0 saturated heterocycles. The Morgan fingerprint density at radius 1 is 1.24 bits per heavy atom. The first-order chi connectivity index (χ1) is 16.3. The van der Waals surface area contributed by atoms with Crippen molar-refractivity contribution in [3.63, 3.8) is 0 Å². The molecular weight excluding hydrogens is 432 g/mol. The molecule has 34 heavy (non-hydrogen) atoms. The molecule has 3 rings (SSSR count). The lowest BCUT2D eigenvalue weighted by molar-refractivity contribution is -0.697. The minimum atomic E-state index is -0.479. The molecule has 0 fully saturated rings. The van der Waals surface area contributed by atoms with Crippen LogP contribution in [-0.2, 0) is 11.3 Å². The Hall–Kier alpha value is -3.23. The molecule has 3 N–H and O–H groups in total. The number of H-pyrrole nitrogens is 1. The van der Waals surface area contributed by atoms with Crippen LogP contribution >= 0.6 is 0 Å². The maximum absolute atomic E-state index is 13.5. The lowest BCUT2D eigenvalue weighted by atomic mass is 10.1. The van der Waals surface area contributed by atoms with E-state index in [1.807, 2.05) is 30.0 Å². The smallest absolute Gasteiger partial charge is 0.278 e. The molecule has 184 valence electrons. The molecule has 3 heterocycles. The molecule has 0 radical (unpaired) electrons. The molecule has 1 atom stereocenters. The number of anilines is 3. The lowest BCUT2D eigenvalue weighted by Crippen LogP contribution is -2.49. The van der Waals surface area contributed by atoms with Gasteiger partial charge in [-0.3, -0.25) is 29.6 Å². The monoisotopic (exact) mass is 469 g/mol. The fourth-order valence-electron chi connectivity index (χ4n) is 3.99. The van der Waals surface area contributed by atoms with Crippen molar-refractivity contribution >= 4 is 29.3 Å². The first-order valence-corrected chi connectivity index (χ1v) is 12.3. The standard InChI is InChI=1S/C25H36N6O3/c1-5-6-7-8-9-10-13-30-14-11-12-19(16-30)24(34)31-18(4)15-26-21-20(31)23(33)29-25(27-21)28-22(32)17(2)3/h11-12,14,16-18H,5-10,13,15H2,1-4H3,(H2-,26,27,28,29,32,33)/p+1/t18-/m0/s1. The largest absolute Gasteiger partial charge is 0.366 e. The normalized spacial score (nSPS) is 15.1. The first-order valence-electron chi connectivity index (χ1n) is 12.3. The number of hydrogen-bond donors (Lipinski definition) is 3. The summed E-state index contributed by atoms with van der Waals surface area (Å²) in [4.78, 5) is 46.9. The van der Waals surface area contributed by atoms with Crippen LogP contribution in [0.1, 0.15) is 76.6 Å². The van der Waals surface area contributed by atoms with Crippen LogP contribution in [0, 0.1) is 5.92 Å². The summed E-state index contributed by atoms with van der Waals surface area (Å²) in [6.07, 6.45) is 11.1. The summed E-state index contributed by atoms with van der Waals surface area (Å²) in [6, 6.07) is 3.39. The molecular formula is C25H37N6O3+. The van der Waals surface area contributed by atoms with Crippen molar-refractivity contribution in [2.45, 2.75) is 78.8 Å². The third kappa shape index (κ3) is 6.21. The fourth-order valence-corrected chi connectivity index (χ4v) is 3.99. The summed E-state index contributed by atoms with van der Waals surface area (Å²) in [5.74, 6) is -0.412. The summed E-state index contributed by atoms with van der Waals surface area (Å²) < 4.78 is 2.04. The van der Waals surface area contributed by atoms with E-state index in [0.29, 0.717) is 12.1 Å². The van der Waals surface area contributed by atoms with Crippen molar-refractivity contribution in [3.8, 4) is 0 Å². The van der Waals surface area contributed by atoms with E-state index in [4.69, 9.17) is 0 Å². The Kier molecular flexibility index (Phi) is 8.79. The highest BCUT2D eigenvalue weighted by Crippen LogP contribution is 2.28. The Bertz CT molecular complexity index is 1060. The van der Waals surface area contributed by atoms with Gasteiger partial charge in [-0.2, -0.15) is 4.98 Å². The molecule has 2 aromatic heterocycles. The quantitative estimate of drug-likeness (QED) is 0.364. The molecule has 0 bridgehead atoms. The van der Waals surface area contributed by atoms with Gasteiger partial charge < -0.3 is 5.32 Å². The summed E-state index contributed by atoms with van der Waals surface area (Å²) in [6.45, 7) is 8.90. The van der Waals surface area contributed by atoms with Gasteiger partial charge in [0.25, 0.3) is 11.5 Å². The van der Waals surface area contributed by atoms with Gasteiger partial charge in [-0.1, -0.05) is 46.5 Å². The maximum Gasteiger partial charge on any atom is 0.278 e. The minimum absolute atomic E-state index is 0.0633. The van der Waals surface area contributed by atoms with Gasteiger partial charge in [0.15, 0.2) is 23.9 Å². The number of hydrogen-bond acceptors (Lipinski definition) is 5. The van der Waals surface area contributed by atoms with Gasteiger partial charge in [-0.15, -0.1) is 0 Å². The van der Waals surface area contributed by atoms with Gasteiger partial charge in [-0.25, -0.2) is 4.57 Å². The molecule has 0 saturated carbocycles. The van der Waals surface area contributed by atoms with E-state index in [1.165, 1.54) is 37.0 Å². The summed E-state index contributed by atoms with van der Waals surface area (Å²) in [5.41, 5.74) is 0.203. The molecule has 0 aliphatic carbocycles. The number of aromatic amines is 1. The van der Waals surface area contributed by atoms with Gasteiger partial charge in [0.1, 0.15) is 12.1 Å². The number of pyridine rings is 1. The van der Waals surface area contributed by atoms with Crippen LogP contribution < -0.4 is 25.7 Å². The van der Waals surface area contributed by atoms with Crippen LogP contribution in [0.2, 0.25) is 0 Å². The van der Waals surface area contributed by atoms with E-state index in [2.05, 4.69) is 27.5 Å². The molecule has 2 aromatic rings. The van der Waals surface area contributed by atoms with Crippen molar-refractivity contribution in [2.24, 2.45) is 5.92 Å². The fraction of sp³-hybridized carbons (Fsp3) is 0.560. The van der Waals surface area contributed by atoms with E-state index >= 15 is 0 Å². The molecule has 9 nitrogen and oxygen atoms in total. The molecule has 0 unspecified atom stereocenters. The third-order valence-corrected chi connectivity index (χ3v) is 6.00. The van der Waals surface area contributed by atoms with Gasteiger partial charge in [0.05, 0.1) is 6.04 Å². The number of unbranched alkanes of at least 4 members (excludes halogenated alkanes) is 5. The van der Waals surface area contributed by atoms with E-state index in [1.54, 1.807) is 19.9 Å². The molecule has 0 aromatic carbocycles. The Labute approximate surface area is 201 Å². The van der Waals surface area contributed by atoms with E-state index < -0.39 is 5.56 Å². The van der Waals surface area contributed by atoms with Crippen molar-refractivity contribution in [2.75, 3.05) is 22.1 Å². The third-order valence-electron chi connectivity index (χ3n) is 6.00. The number of aryl methyl sites for hydroxylation is 1. The highest BCUT2D eigenvalue weighted by Gasteiger charge is 2.33. The molecule has 0 spiro atoms. The Balaban J connectivity index is 1.78. The predicted molar refractivity (Wildman–Crippen MR) is 133 cm³/mol. The highest BCUT2D eigenvalue weighted by atomic mass is 16.2. The predicted octanol–water partition coefficient (Wildman–Crippen LogP) is 3.47. The summed E-state index contributed by atoms with van der Waals surface area (Å²) >= 11 is 0. The number of rotatable bonds is 10. The molecule has 2 amide bonds. The van der Waals surface area contributed by atoms with E-state index in [0.717, 1.165) is 13.0 Å². The minimum Gasteiger partial charge on any atom is -0.366 e. The maximum atomic E-state index is 13.5. The Morgan fingerprint density at radius 3 is 2.71 bits per heavy atom. The van der Waals surface area contributed by atoms with Crippen molar-refractivity contribution in [1.82, 2.24) is 9.97 Å². The SMILES string of the molecule is CCCCCCCC[n+]1cccc(C(=O)N2c3c(nc(NC(=O)C(C)C)[nH]c3=O)NC[C@@H]2C)c1. The summed E-state index contributed by atoms with van der Waals surface area (Å²) in [5, 5.41) is 5.72. The van der Waals surface area contributed by atoms with Crippen LogP contribution in [-0.4, -0.2) is 34.4 Å². The van der Waals surface area contributed by atoms with E-state index in [-0.39, 0.29) is 41.2 Å². The molecule has 9 heteroatoms. The van der Waals surface area contributed by atoms with Crippen LogP contribution in [0.4, 0.5) is 17.5 Å². The average Bonchev–Trinajstić information content (AvgIpc) is 2.81. The van der Waals surface area contributed by atoms with Gasteiger partial charge in [0.2, 0.25) is 11.9 Å². The summed E-state index contributed by atoms with van der Waals surface area (Å²) in [7, 11) is 0. The van der Waals surface area contributed by atoms with Crippen LogP contribution in [0.3, 0.4) is 0 Å². The van der Waals surface area contributed by atoms with E-state index in [9.17, 15) is 14.4 Å². The first kappa shape index (κ1) is 25.4. The zero-order chi connectivity index (χ0) is 24.7. The van der Waals surface area contributed by atoms with Crippen molar-refractivity contribution < 1.29 is 14.2 Å². The molecule has 1 aliphatic heterocycles. The van der Waals surface area contributed by atoms with Gasteiger partial charge in [-0.05, 0) is 19.4 Å². The number of carbonyl (C=O) groups is 2. The number of aromatic nitrogens is 3. The van der Waals surface area contributed by atoms with Crippen LogP contribution in [0.25, 0.3) is 0 Å². The second kappa shape index (κ2) is 11.8. The highest BCUT2D eigenvalue weighted by molar-refractivity contribution is 6.08. The second-order valence-electron chi connectivity index (χ2n) is 9.26. The van der Waals surface area contributed by atoms with Crippen LogP contribution in [0.15, 0.2) is 29.3 Å². The topological polar surface area (TPSA) is 111 Å². The second-order valence-corrected chi connectivity index (χ2v) is 9.26. The zero-order valence-electron chi connectivity index (χ0n) is 20.7. The van der Waals surface area contributed by atoms with Crippen molar-refractivity contribution in [3.05, 3.63) is 40.4 Å². The number of amides is 2. The Morgan fingerprint density at radius 2 is 1.97 bits per heavy atom. The lowest BCUT2D eigenvalue weighted by Gasteiger charge is -2.34. The zero-order valence-corrected chi connectivity index (χ0v) is 20.7. The van der Waals surface area contributed by atoms with Gasteiger partial charge in [0, 0.05) is 24.9 Å².